The largest absolute Gasteiger partial charge is 0.497 e. The SMILES string of the molecule is COc1ccc(-c2nnc(Sc3ncccn3)o2)cc1. The van der Waals surface area contributed by atoms with Crippen molar-refractivity contribution in [3.63, 3.8) is 0 Å². The van der Waals surface area contributed by atoms with Crippen LogP contribution in [0.1, 0.15) is 0 Å². The number of hydrogen-bond donors (Lipinski definition) is 0. The molecular formula is C13H10N4O2S. The van der Waals surface area contributed by atoms with E-state index >= 15 is 0 Å². The van der Waals surface area contributed by atoms with Crippen molar-refractivity contribution >= 4 is 11.8 Å². The van der Waals surface area contributed by atoms with Crippen LogP contribution in [0.4, 0.5) is 0 Å². The van der Waals surface area contributed by atoms with Gasteiger partial charge in [0.2, 0.25) is 5.89 Å². The van der Waals surface area contributed by atoms with Gasteiger partial charge in [0.05, 0.1) is 7.11 Å². The Morgan fingerprint density at radius 2 is 1.80 bits per heavy atom. The van der Waals surface area contributed by atoms with Crippen LogP contribution in [0.15, 0.2) is 57.5 Å². The smallest absolute Gasteiger partial charge is 0.284 e. The summed E-state index contributed by atoms with van der Waals surface area (Å²) >= 11 is 1.22. The number of aromatic nitrogens is 4. The van der Waals surface area contributed by atoms with Gasteiger partial charge < -0.3 is 9.15 Å². The lowest BCUT2D eigenvalue weighted by Crippen LogP contribution is -1.82. The molecule has 0 saturated heterocycles. The summed E-state index contributed by atoms with van der Waals surface area (Å²) in [5.74, 6) is 1.23. The first-order valence-electron chi connectivity index (χ1n) is 5.78. The molecule has 0 bridgehead atoms. The van der Waals surface area contributed by atoms with Gasteiger partial charge >= 0.3 is 0 Å². The van der Waals surface area contributed by atoms with Crippen LogP contribution in [0, 0.1) is 0 Å². The van der Waals surface area contributed by atoms with Gasteiger partial charge in [-0.1, -0.05) is 0 Å². The van der Waals surface area contributed by atoms with Gasteiger partial charge in [-0.25, -0.2) is 9.97 Å². The third-order valence-corrected chi connectivity index (χ3v) is 3.20. The second-order valence-electron chi connectivity index (χ2n) is 3.74. The lowest BCUT2D eigenvalue weighted by molar-refractivity contribution is 0.414. The Hall–Kier alpha value is -2.41. The maximum Gasteiger partial charge on any atom is 0.284 e. The summed E-state index contributed by atoms with van der Waals surface area (Å²) in [4.78, 5) is 8.17. The molecule has 20 heavy (non-hydrogen) atoms. The second-order valence-corrected chi connectivity index (χ2v) is 4.65. The first kappa shape index (κ1) is 12.6. The Labute approximate surface area is 119 Å². The maximum atomic E-state index is 5.57. The Kier molecular flexibility index (Phi) is 3.60. The molecule has 0 fully saturated rings. The van der Waals surface area contributed by atoms with E-state index in [9.17, 15) is 0 Å². The molecule has 2 heterocycles. The lowest BCUT2D eigenvalue weighted by Gasteiger charge is -1.99. The van der Waals surface area contributed by atoms with E-state index in [2.05, 4.69) is 20.2 Å². The highest BCUT2D eigenvalue weighted by molar-refractivity contribution is 7.98. The van der Waals surface area contributed by atoms with Gasteiger partial charge in [0.25, 0.3) is 5.22 Å². The maximum absolute atomic E-state index is 5.57. The van der Waals surface area contributed by atoms with Gasteiger partial charge in [-0.3, -0.25) is 0 Å². The molecule has 3 aromatic rings. The zero-order valence-corrected chi connectivity index (χ0v) is 11.4. The number of hydrogen-bond acceptors (Lipinski definition) is 7. The summed E-state index contributed by atoms with van der Waals surface area (Å²) in [6.07, 6.45) is 3.33. The molecule has 0 aliphatic heterocycles. The predicted molar refractivity (Wildman–Crippen MR) is 72.4 cm³/mol. The van der Waals surface area contributed by atoms with Crippen LogP contribution in [-0.4, -0.2) is 27.3 Å². The topological polar surface area (TPSA) is 73.9 Å². The zero-order valence-electron chi connectivity index (χ0n) is 10.6. The molecule has 0 spiro atoms. The first-order valence-corrected chi connectivity index (χ1v) is 6.59. The number of rotatable bonds is 4. The Morgan fingerprint density at radius 3 is 2.50 bits per heavy atom. The minimum atomic E-state index is 0.405. The fourth-order valence-electron chi connectivity index (χ4n) is 1.52. The van der Waals surface area contributed by atoms with Gasteiger partial charge in [-0.15, -0.1) is 10.2 Å². The van der Waals surface area contributed by atoms with E-state index in [1.54, 1.807) is 25.6 Å². The van der Waals surface area contributed by atoms with Crippen LogP contribution in [0.2, 0.25) is 0 Å². The van der Waals surface area contributed by atoms with Crippen LogP contribution >= 0.6 is 11.8 Å². The molecule has 0 aliphatic carbocycles. The van der Waals surface area contributed by atoms with Crippen molar-refractivity contribution in [1.29, 1.82) is 0 Å². The van der Waals surface area contributed by atoms with E-state index in [1.807, 2.05) is 24.3 Å². The third-order valence-electron chi connectivity index (χ3n) is 2.46. The molecule has 1 aromatic carbocycles. The van der Waals surface area contributed by atoms with Crippen LogP contribution in [-0.2, 0) is 0 Å². The molecule has 0 saturated carbocycles. The molecule has 0 unspecified atom stereocenters. The highest BCUT2D eigenvalue weighted by atomic mass is 32.2. The highest BCUT2D eigenvalue weighted by Crippen LogP contribution is 2.27. The van der Waals surface area contributed by atoms with Crippen LogP contribution in [0.25, 0.3) is 11.5 Å². The zero-order chi connectivity index (χ0) is 13.8. The quantitative estimate of drug-likeness (QED) is 0.682. The van der Waals surface area contributed by atoms with Gasteiger partial charge in [0.15, 0.2) is 5.16 Å². The molecule has 2 aromatic heterocycles. The van der Waals surface area contributed by atoms with Crippen molar-refractivity contribution in [2.45, 2.75) is 10.4 Å². The molecule has 0 N–H and O–H groups in total. The number of ether oxygens (including phenoxy) is 1. The van der Waals surface area contributed by atoms with Crippen molar-refractivity contribution in [3.8, 4) is 17.2 Å². The molecule has 0 radical (unpaired) electrons. The van der Waals surface area contributed by atoms with E-state index in [0.717, 1.165) is 11.3 Å². The van der Waals surface area contributed by atoms with Gasteiger partial charge in [0, 0.05) is 29.7 Å². The molecule has 100 valence electrons. The molecular weight excluding hydrogens is 276 g/mol. The summed E-state index contributed by atoms with van der Waals surface area (Å²) in [5, 5.41) is 8.94. The molecule has 6 nitrogen and oxygen atoms in total. The second kappa shape index (κ2) is 5.70. The van der Waals surface area contributed by atoms with Crippen LogP contribution < -0.4 is 4.74 Å². The van der Waals surface area contributed by atoms with Gasteiger partial charge in [-0.05, 0) is 30.3 Å². The van der Waals surface area contributed by atoms with E-state index in [4.69, 9.17) is 9.15 Å². The Bertz CT molecular complexity index is 685. The number of nitrogens with zero attached hydrogens (tertiary/aromatic N) is 4. The van der Waals surface area contributed by atoms with Crippen molar-refractivity contribution < 1.29 is 9.15 Å². The summed E-state index contributed by atoms with van der Waals surface area (Å²) in [5.41, 5.74) is 0.833. The molecule has 0 aliphatic rings. The Morgan fingerprint density at radius 1 is 1.05 bits per heavy atom. The average molecular weight is 286 g/mol. The monoisotopic (exact) mass is 286 g/mol. The average Bonchev–Trinajstić information content (AvgIpc) is 2.97. The summed E-state index contributed by atoms with van der Waals surface area (Å²) in [6, 6.07) is 9.15. The summed E-state index contributed by atoms with van der Waals surface area (Å²) in [6.45, 7) is 0. The lowest BCUT2D eigenvalue weighted by atomic mass is 10.2. The Balaban J connectivity index is 1.79. The minimum absolute atomic E-state index is 0.405. The fraction of sp³-hybridized carbons (Fsp3) is 0.0769. The molecule has 0 atom stereocenters. The van der Waals surface area contributed by atoms with Crippen molar-refractivity contribution in [1.82, 2.24) is 20.2 Å². The van der Waals surface area contributed by atoms with Crippen molar-refractivity contribution in [2.24, 2.45) is 0 Å². The number of benzene rings is 1. The standard InChI is InChI=1S/C13H10N4O2S/c1-18-10-5-3-9(4-6-10)11-16-17-13(19-11)20-12-14-7-2-8-15-12/h2-8H,1H3. The normalized spacial score (nSPS) is 10.4. The van der Waals surface area contributed by atoms with Gasteiger partial charge in [-0.2, -0.15) is 0 Å². The van der Waals surface area contributed by atoms with Crippen molar-refractivity contribution in [3.05, 3.63) is 42.7 Å². The molecule has 3 rings (SSSR count). The molecule has 7 heteroatoms. The van der Waals surface area contributed by atoms with Crippen molar-refractivity contribution in [2.75, 3.05) is 7.11 Å². The highest BCUT2D eigenvalue weighted by Gasteiger charge is 2.11. The third kappa shape index (κ3) is 2.77. The van der Waals surface area contributed by atoms with Crippen LogP contribution in [0.3, 0.4) is 0 Å². The fourth-order valence-corrected chi connectivity index (χ4v) is 2.10. The van der Waals surface area contributed by atoms with Crippen LogP contribution in [0.5, 0.6) is 5.75 Å². The van der Waals surface area contributed by atoms with Gasteiger partial charge in [0.1, 0.15) is 5.75 Å². The predicted octanol–water partition coefficient (Wildman–Crippen LogP) is 2.69. The molecule has 0 amide bonds. The summed E-state index contributed by atoms with van der Waals surface area (Å²) in [7, 11) is 1.62. The van der Waals surface area contributed by atoms with E-state index in [0.29, 0.717) is 16.3 Å². The minimum Gasteiger partial charge on any atom is -0.497 e. The van der Waals surface area contributed by atoms with E-state index in [1.165, 1.54) is 11.8 Å². The first-order chi connectivity index (χ1) is 9.85. The number of methoxy groups -OCH3 is 1. The summed E-state index contributed by atoms with van der Waals surface area (Å²) < 4.78 is 10.7. The van der Waals surface area contributed by atoms with E-state index < -0.39 is 0 Å². The van der Waals surface area contributed by atoms with E-state index in [-0.39, 0.29) is 0 Å².